The van der Waals surface area contributed by atoms with Crippen molar-refractivity contribution >= 4 is 17.4 Å². The maximum absolute atomic E-state index is 11.1. The van der Waals surface area contributed by atoms with Gasteiger partial charge in [-0.05, 0) is 13.3 Å². The summed E-state index contributed by atoms with van der Waals surface area (Å²) in [6, 6.07) is 0. The SMILES string of the molecule is CCC(=O)CCc1c(Cl)cnn1CC. The van der Waals surface area contributed by atoms with Crippen molar-refractivity contribution in [3.05, 3.63) is 16.9 Å². The number of rotatable bonds is 5. The average Bonchev–Trinajstić information content (AvgIpc) is 2.55. The Bertz CT molecular complexity index is 320. The van der Waals surface area contributed by atoms with Crippen molar-refractivity contribution in [2.45, 2.75) is 39.7 Å². The molecule has 0 spiro atoms. The van der Waals surface area contributed by atoms with E-state index in [1.54, 1.807) is 6.20 Å². The Balaban J connectivity index is 2.65. The van der Waals surface area contributed by atoms with E-state index >= 15 is 0 Å². The van der Waals surface area contributed by atoms with Crippen LogP contribution in [0.2, 0.25) is 5.02 Å². The smallest absolute Gasteiger partial charge is 0.133 e. The Kier molecular flexibility index (Phi) is 4.14. The molecule has 0 amide bonds. The summed E-state index contributed by atoms with van der Waals surface area (Å²) < 4.78 is 1.84. The second-order valence-electron chi connectivity index (χ2n) is 3.15. The molecule has 1 aromatic rings. The zero-order chi connectivity index (χ0) is 10.6. The molecule has 0 saturated heterocycles. The Morgan fingerprint density at radius 3 is 2.86 bits per heavy atom. The highest BCUT2D eigenvalue weighted by molar-refractivity contribution is 6.31. The fourth-order valence-corrected chi connectivity index (χ4v) is 1.58. The van der Waals surface area contributed by atoms with E-state index in [0.29, 0.717) is 24.3 Å². The summed E-state index contributed by atoms with van der Waals surface area (Å²) in [5.41, 5.74) is 0.968. The predicted molar refractivity (Wildman–Crippen MR) is 56.5 cm³/mol. The number of aryl methyl sites for hydroxylation is 1. The van der Waals surface area contributed by atoms with E-state index in [-0.39, 0.29) is 5.78 Å². The van der Waals surface area contributed by atoms with Gasteiger partial charge in [-0.1, -0.05) is 18.5 Å². The maximum Gasteiger partial charge on any atom is 0.133 e. The number of halogens is 1. The van der Waals surface area contributed by atoms with Gasteiger partial charge in [0.25, 0.3) is 0 Å². The molecule has 0 aliphatic rings. The van der Waals surface area contributed by atoms with Crippen molar-refractivity contribution < 1.29 is 4.79 Å². The van der Waals surface area contributed by atoms with Crippen molar-refractivity contribution in [1.29, 1.82) is 0 Å². The van der Waals surface area contributed by atoms with E-state index in [9.17, 15) is 4.79 Å². The summed E-state index contributed by atoms with van der Waals surface area (Å²) in [5.74, 6) is 0.268. The lowest BCUT2D eigenvalue weighted by atomic mass is 10.1. The fourth-order valence-electron chi connectivity index (χ4n) is 1.34. The largest absolute Gasteiger partial charge is 0.300 e. The molecule has 0 saturated carbocycles. The number of hydrogen-bond donors (Lipinski definition) is 0. The van der Waals surface area contributed by atoms with Crippen LogP contribution in [0.4, 0.5) is 0 Å². The molecular formula is C10H15ClN2O. The zero-order valence-corrected chi connectivity index (χ0v) is 9.34. The summed E-state index contributed by atoms with van der Waals surface area (Å²) in [7, 11) is 0. The molecule has 14 heavy (non-hydrogen) atoms. The third-order valence-electron chi connectivity index (χ3n) is 2.23. The highest BCUT2D eigenvalue weighted by Crippen LogP contribution is 2.17. The van der Waals surface area contributed by atoms with Gasteiger partial charge in [0.1, 0.15) is 5.78 Å². The summed E-state index contributed by atoms with van der Waals surface area (Å²) in [4.78, 5) is 11.1. The average molecular weight is 215 g/mol. The van der Waals surface area contributed by atoms with Gasteiger partial charge >= 0.3 is 0 Å². The van der Waals surface area contributed by atoms with Crippen LogP contribution in [0.15, 0.2) is 6.20 Å². The summed E-state index contributed by atoms with van der Waals surface area (Å²) in [6.07, 6.45) is 3.48. The Morgan fingerprint density at radius 2 is 2.29 bits per heavy atom. The van der Waals surface area contributed by atoms with E-state index in [2.05, 4.69) is 5.10 Å². The van der Waals surface area contributed by atoms with E-state index in [1.165, 1.54) is 0 Å². The minimum atomic E-state index is 0.268. The van der Waals surface area contributed by atoms with Crippen molar-refractivity contribution in [2.24, 2.45) is 0 Å². The Hall–Kier alpha value is -0.830. The monoisotopic (exact) mass is 214 g/mol. The predicted octanol–water partition coefficient (Wildman–Crippen LogP) is 2.47. The molecule has 0 aliphatic heterocycles. The number of carbonyl (C=O) groups is 1. The highest BCUT2D eigenvalue weighted by Gasteiger charge is 2.09. The molecule has 0 bridgehead atoms. The fraction of sp³-hybridized carbons (Fsp3) is 0.600. The van der Waals surface area contributed by atoms with Crippen molar-refractivity contribution in [1.82, 2.24) is 9.78 Å². The lowest BCUT2D eigenvalue weighted by molar-refractivity contribution is -0.118. The first-order valence-corrected chi connectivity index (χ1v) is 5.28. The van der Waals surface area contributed by atoms with Crippen LogP contribution in [0.25, 0.3) is 0 Å². The normalized spacial score (nSPS) is 10.5. The number of hydrogen-bond acceptors (Lipinski definition) is 2. The van der Waals surface area contributed by atoms with Crippen LogP contribution in [-0.2, 0) is 17.8 Å². The second-order valence-corrected chi connectivity index (χ2v) is 3.55. The second kappa shape index (κ2) is 5.15. The van der Waals surface area contributed by atoms with Crippen molar-refractivity contribution in [3.63, 3.8) is 0 Å². The van der Waals surface area contributed by atoms with Crippen molar-refractivity contribution in [2.75, 3.05) is 0 Å². The third-order valence-corrected chi connectivity index (χ3v) is 2.55. The molecule has 0 aromatic carbocycles. The molecule has 1 heterocycles. The zero-order valence-electron chi connectivity index (χ0n) is 8.59. The lowest BCUT2D eigenvalue weighted by Crippen LogP contribution is -2.05. The first-order valence-electron chi connectivity index (χ1n) is 4.90. The van der Waals surface area contributed by atoms with Crippen LogP contribution in [0, 0.1) is 0 Å². The molecule has 1 rings (SSSR count). The summed E-state index contributed by atoms with van der Waals surface area (Å²) >= 11 is 5.96. The molecule has 0 N–H and O–H groups in total. The molecule has 0 fully saturated rings. The minimum Gasteiger partial charge on any atom is -0.300 e. The van der Waals surface area contributed by atoms with Crippen LogP contribution in [0.1, 0.15) is 32.4 Å². The van der Waals surface area contributed by atoms with Gasteiger partial charge in [0.2, 0.25) is 0 Å². The van der Waals surface area contributed by atoms with Gasteiger partial charge in [-0.2, -0.15) is 5.10 Å². The maximum atomic E-state index is 11.1. The highest BCUT2D eigenvalue weighted by atomic mass is 35.5. The molecule has 1 aromatic heterocycles. The molecule has 4 heteroatoms. The number of aromatic nitrogens is 2. The van der Waals surface area contributed by atoms with Gasteiger partial charge < -0.3 is 0 Å². The number of carbonyl (C=O) groups excluding carboxylic acids is 1. The van der Waals surface area contributed by atoms with E-state index < -0.39 is 0 Å². The summed E-state index contributed by atoms with van der Waals surface area (Å²) in [5, 5.41) is 4.77. The number of Topliss-reactive ketones (excluding diaryl/α,β-unsaturated/α-hetero) is 1. The van der Waals surface area contributed by atoms with E-state index in [4.69, 9.17) is 11.6 Å². The summed E-state index contributed by atoms with van der Waals surface area (Å²) in [6.45, 7) is 4.68. The molecule has 0 aliphatic carbocycles. The van der Waals surface area contributed by atoms with Gasteiger partial charge in [0, 0.05) is 19.4 Å². The molecular weight excluding hydrogens is 200 g/mol. The molecule has 78 valence electrons. The topological polar surface area (TPSA) is 34.9 Å². The van der Waals surface area contributed by atoms with E-state index in [0.717, 1.165) is 12.2 Å². The standard InChI is InChI=1S/C10H15ClN2O/c1-3-8(14)5-6-10-9(11)7-12-13(10)4-2/h7H,3-6H2,1-2H3. The van der Waals surface area contributed by atoms with Gasteiger partial charge in [0.15, 0.2) is 0 Å². The van der Waals surface area contributed by atoms with Gasteiger partial charge in [-0.15, -0.1) is 0 Å². The Labute approximate surface area is 89.1 Å². The van der Waals surface area contributed by atoms with E-state index in [1.807, 2.05) is 18.5 Å². The lowest BCUT2D eigenvalue weighted by Gasteiger charge is -2.04. The number of ketones is 1. The van der Waals surface area contributed by atoms with Crippen LogP contribution < -0.4 is 0 Å². The van der Waals surface area contributed by atoms with Gasteiger partial charge in [0.05, 0.1) is 16.9 Å². The Morgan fingerprint density at radius 1 is 1.57 bits per heavy atom. The van der Waals surface area contributed by atoms with Crippen LogP contribution in [-0.4, -0.2) is 15.6 Å². The van der Waals surface area contributed by atoms with Gasteiger partial charge in [-0.3, -0.25) is 9.48 Å². The first kappa shape index (κ1) is 11.2. The third kappa shape index (κ3) is 2.58. The molecule has 0 unspecified atom stereocenters. The first-order chi connectivity index (χ1) is 6.69. The van der Waals surface area contributed by atoms with Crippen LogP contribution in [0.3, 0.4) is 0 Å². The van der Waals surface area contributed by atoms with Crippen LogP contribution in [0.5, 0.6) is 0 Å². The molecule has 0 atom stereocenters. The quantitative estimate of drug-likeness (QED) is 0.755. The number of nitrogens with zero attached hydrogens (tertiary/aromatic N) is 2. The molecule has 0 radical (unpaired) electrons. The van der Waals surface area contributed by atoms with Crippen LogP contribution >= 0.6 is 11.6 Å². The van der Waals surface area contributed by atoms with Gasteiger partial charge in [-0.25, -0.2) is 0 Å². The molecule has 3 nitrogen and oxygen atoms in total. The minimum absolute atomic E-state index is 0.268. The van der Waals surface area contributed by atoms with Crippen molar-refractivity contribution in [3.8, 4) is 0 Å².